The van der Waals surface area contributed by atoms with E-state index in [1.165, 1.54) is 40.9 Å². The number of hydrogen-bond donors (Lipinski definition) is 3. The summed E-state index contributed by atoms with van der Waals surface area (Å²) in [5, 5.41) is 17.1. The van der Waals surface area contributed by atoms with Gasteiger partial charge in [0, 0.05) is 16.9 Å². The smallest absolute Gasteiger partial charge is 0.254 e. The van der Waals surface area contributed by atoms with E-state index in [0.29, 0.717) is 6.54 Å². The maximum atomic E-state index is 13.8. The van der Waals surface area contributed by atoms with Gasteiger partial charge in [-0.1, -0.05) is 54.6 Å². The molecule has 1 aliphatic rings. The summed E-state index contributed by atoms with van der Waals surface area (Å²) in [6, 6.07) is 20.1. The maximum Gasteiger partial charge on any atom is 0.254 e. The number of carbonyl (C=O) groups excluding carboxylic acids is 3. The van der Waals surface area contributed by atoms with Gasteiger partial charge in [0.15, 0.2) is 6.10 Å². The van der Waals surface area contributed by atoms with Crippen LogP contribution in [0.3, 0.4) is 0 Å². The number of nitrogens with zero attached hydrogens (tertiary/aromatic N) is 1. The van der Waals surface area contributed by atoms with E-state index in [1.54, 1.807) is 0 Å². The minimum absolute atomic E-state index is 0.176. The fourth-order valence-corrected chi connectivity index (χ4v) is 5.95. The van der Waals surface area contributed by atoms with Crippen molar-refractivity contribution >= 4 is 29.5 Å². The zero-order valence-electron chi connectivity index (χ0n) is 22.8. The molecule has 3 N–H and O–H groups in total. The van der Waals surface area contributed by atoms with E-state index in [2.05, 4.69) is 10.6 Å². The fourth-order valence-electron chi connectivity index (χ4n) is 4.80. The number of halogens is 1. The third-order valence-electron chi connectivity index (χ3n) is 7.15. The van der Waals surface area contributed by atoms with Gasteiger partial charge in [0.1, 0.15) is 11.9 Å². The molecule has 0 aromatic heterocycles. The van der Waals surface area contributed by atoms with Crippen molar-refractivity contribution in [1.29, 1.82) is 0 Å². The summed E-state index contributed by atoms with van der Waals surface area (Å²) in [6.45, 7) is 6.08. The number of nitrogens with one attached hydrogen (secondary N) is 2. The lowest BCUT2D eigenvalue weighted by molar-refractivity contribution is -0.147. The van der Waals surface area contributed by atoms with Crippen LogP contribution in [0.5, 0.6) is 0 Å². The van der Waals surface area contributed by atoms with E-state index in [4.69, 9.17) is 0 Å². The van der Waals surface area contributed by atoms with Crippen LogP contribution >= 0.6 is 11.8 Å². The summed E-state index contributed by atoms with van der Waals surface area (Å²) in [5.41, 5.74) is 3.03. The number of aliphatic hydroxyl groups is 1. The molecule has 40 heavy (non-hydrogen) atoms. The molecule has 0 spiro atoms. The topological polar surface area (TPSA) is 98.7 Å². The molecule has 0 unspecified atom stereocenters. The molecule has 7 nitrogen and oxygen atoms in total. The molecule has 4 rings (SSSR count). The Morgan fingerprint density at radius 2 is 1.68 bits per heavy atom. The molecule has 0 radical (unpaired) electrons. The van der Waals surface area contributed by atoms with Crippen molar-refractivity contribution in [1.82, 2.24) is 15.5 Å². The van der Waals surface area contributed by atoms with Crippen LogP contribution in [0.2, 0.25) is 0 Å². The van der Waals surface area contributed by atoms with Gasteiger partial charge in [-0.2, -0.15) is 0 Å². The Labute approximate surface area is 238 Å². The van der Waals surface area contributed by atoms with E-state index < -0.39 is 40.6 Å². The molecule has 1 saturated heterocycles. The van der Waals surface area contributed by atoms with Gasteiger partial charge >= 0.3 is 0 Å². The summed E-state index contributed by atoms with van der Waals surface area (Å²) in [4.78, 5) is 41.6. The fraction of sp³-hybridized carbons (Fsp3) is 0.323. The Morgan fingerprint density at radius 3 is 2.35 bits per heavy atom. The third-order valence-corrected chi connectivity index (χ3v) is 8.52. The van der Waals surface area contributed by atoms with Crippen LogP contribution in [0.25, 0.3) is 0 Å². The number of carbonyl (C=O) groups is 3. The second kappa shape index (κ2) is 12.7. The minimum atomic E-state index is -1.62. The van der Waals surface area contributed by atoms with Crippen LogP contribution in [0.4, 0.5) is 4.39 Å². The Morgan fingerprint density at radius 1 is 1.02 bits per heavy atom. The number of rotatable bonds is 9. The standard InChI is InChI=1S/C31H34FN3O4S/c1-20-9-7-8-12-23(20)18-33-29(38)27-31(2,3)40-19-35(27)30(39)26(36)25(17-21-10-5-4-6-11-21)34-28(37)22-13-15-24(32)16-14-22/h4-16,25-27,36H,17-19H2,1-3H3,(H,33,38)(H,34,37)/t25-,26-,27+/m0/s1. The molecule has 3 aromatic carbocycles. The van der Waals surface area contributed by atoms with Crippen molar-refractivity contribution in [3.8, 4) is 0 Å². The zero-order chi connectivity index (χ0) is 28.9. The summed E-state index contributed by atoms with van der Waals surface area (Å²) in [6.07, 6.45) is -1.44. The van der Waals surface area contributed by atoms with Gasteiger partial charge in [-0.25, -0.2) is 4.39 Å². The van der Waals surface area contributed by atoms with Crippen LogP contribution in [-0.2, 0) is 22.6 Å². The first-order chi connectivity index (χ1) is 19.1. The molecular formula is C31H34FN3O4S. The van der Waals surface area contributed by atoms with Crippen molar-refractivity contribution in [2.24, 2.45) is 0 Å². The summed E-state index contributed by atoms with van der Waals surface area (Å²) >= 11 is 1.45. The largest absolute Gasteiger partial charge is 0.381 e. The van der Waals surface area contributed by atoms with E-state index in [9.17, 15) is 23.9 Å². The molecule has 3 amide bonds. The Balaban J connectivity index is 1.54. The van der Waals surface area contributed by atoms with Crippen molar-refractivity contribution in [2.75, 3.05) is 5.88 Å². The normalized spacial score (nSPS) is 17.6. The van der Waals surface area contributed by atoms with Crippen molar-refractivity contribution in [2.45, 2.75) is 56.7 Å². The highest BCUT2D eigenvalue weighted by Crippen LogP contribution is 2.40. The van der Waals surface area contributed by atoms with E-state index >= 15 is 0 Å². The van der Waals surface area contributed by atoms with Gasteiger partial charge in [-0.05, 0) is 68.1 Å². The van der Waals surface area contributed by atoms with Crippen LogP contribution in [-0.4, -0.2) is 56.5 Å². The predicted octanol–water partition coefficient (Wildman–Crippen LogP) is 3.83. The van der Waals surface area contributed by atoms with E-state index in [-0.39, 0.29) is 23.8 Å². The molecule has 3 aromatic rings. The first kappa shape index (κ1) is 29.3. The average molecular weight is 564 g/mol. The molecule has 0 aliphatic carbocycles. The molecule has 0 saturated carbocycles. The number of amides is 3. The predicted molar refractivity (Wildman–Crippen MR) is 154 cm³/mol. The van der Waals surface area contributed by atoms with Gasteiger partial charge in [0.2, 0.25) is 5.91 Å². The average Bonchev–Trinajstić information content (AvgIpc) is 3.27. The van der Waals surface area contributed by atoms with Gasteiger partial charge in [-0.3, -0.25) is 14.4 Å². The first-order valence-electron chi connectivity index (χ1n) is 13.1. The van der Waals surface area contributed by atoms with Crippen LogP contribution < -0.4 is 10.6 Å². The SMILES string of the molecule is Cc1ccccc1CNC(=O)[C@H]1N(C(=O)[C@@H](O)[C@H](Cc2ccccc2)NC(=O)c2ccc(F)cc2)CSC1(C)C. The Kier molecular flexibility index (Phi) is 9.27. The van der Waals surface area contributed by atoms with Crippen molar-refractivity contribution < 1.29 is 23.9 Å². The lowest BCUT2D eigenvalue weighted by Gasteiger charge is -2.33. The zero-order valence-corrected chi connectivity index (χ0v) is 23.6. The van der Waals surface area contributed by atoms with E-state index in [1.807, 2.05) is 75.4 Å². The quantitative estimate of drug-likeness (QED) is 0.368. The molecule has 210 valence electrons. The maximum absolute atomic E-state index is 13.8. The monoisotopic (exact) mass is 563 g/mol. The summed E-state index contributed by atoms with van der Waals surface area (Å²) < 4.78 is 12.8. The minimum Gasteiger partial charge on any atom is -0.381 e. The Bertz CT molecular complexity index is 1350. The number of aryl methyl sites for hydroxylation is 1. The molecule has 0 bridgehead atoms. The second-order valence-electron chi connectivity index (χ2n) is 10.5. The number of thioether (sulfide) groups is 1. The van der Waals surface area contributed by atoms with Crippen LogP contribution in [0.15, 0.2) is 78.9 Å². The highest BCUT2D eigenvalue weighted by Gasteiger charge is 2.49. The second-order valence-corrected chi connectivity index (χ2v) is 12.1. The molecule has 1 aliphatic heterocycles. The first-order valence-corrected chi connectivity index (χ1v) is 14.1. The highest BCUT2D eigenvalue weighted by molar-refractivity contribution is 8.00. The molecule has 1 heterocycles. The van der Waals surface area contributed by atoms with Gasteiger partial charge in [0.25, 0.3) is 11.8 Å². The van der Waals surface area contributed by atoms with Crippen molar-refractivity contribution in [3.05, 3.63) is 107 Å². The van der Waals surface area contributed by atoms with Crippen LogP contribution in [0, 0.1) is 12.7 Å². The molecular weight excluding hydrogens is 529 g/mol. The number of benzene rings is 3. The van der Waals surface area contributed by atoms with Crippen molar-refractivity contribution in [3.63, 3.8) is 0 Å². The summed E-state index contributed by atoms with van der Waals surface area (Å²) in [7, 11) is 0. The Hall–Kier alpha value is -3.69. The number of aliphatic hydroxyl groups excluding tert-OH is 1. The van der Waals surface area contributed by atoms with Gasteiger partial charge in [0.05, 0.1) is 11.9 Å². The van der Waals surface area contributed by atoms with Crippen LogP contribution in [0.1, 0.15) is 40.9 Å². The molecule has 3 atom stereocenters. The molecule has 1 fully saturated rings. The number of hydrogen-bond acceptors (Lipinski definition) is 5. The molecule has 9 heteroatoms. The van der Waals surface area contributed by atoms with Gasteiger partial charge in [-0.15, -0.1) is 11.8 Å². The van der Waals surface area contributed by atoms with Gasteiger partial charge < -0.3 is 20.6 Å². The lowest BCUT2D eigenvalue weighted by atomic mass is 9.96. The highest BCUT2D eigenvalue weighted by atomic mass is 32.2. The summed E-state index contributed by atoms with van der Waals surface area (Å²) in [5.74, 6) is -1.76. The van der Waals surface area contributed by atoms with E-state index in [0.717, 1.165) is 16.7 Å². The third kappa shape index (κ3) is 6.89. The lowest BCUT2D eigenvalue weighted by Crippen LogP contribution is -2.58.